The molecule has 0 aliphatic rings. The lowest BCUT2D eigenvalue weighted by Crippen LogP contribution is -3.04. The highest BCUT2D eigenvalue weighted by Gasteiger charge is 2.04. The smallest absolute Gasteiger partial charge is 0.270 e. The summed E-state index contributed by atoms with van der Waals surface area (Å²) in [6, 6.07) is 14.3. The van der Waals surface area contributed by atoms with Gasteiger partial charge in [0.2, 0.25) is 5.91 Å². The van der Waals surface area contributed by atoms with E-state index >= 15 is 0 Å². The Morgan fingerprint density at radius 1 is 1.16 bits per heavy atom. The van der Waals surface area contributed by atoms with Crippen molar-refractivity contribution in [2.24, 2.45) is 0 Å². The highest BCUT2D eigenvalue weighted by atomic mass is 16.6. The SMILES string of the molecule is C[NH+](C)Cc1ccc(CNC(=O)/C=C/c2cccc([N+](=O)[O-])c2)cc1. The van der Waals surface area contributed by atoms with Gasteiger partial charge in [0, 0.05) is 30.3 Å². The van der Waals surface area contributed by atoms with E-state index in [1.807, 2.05) is 12.1 Å². The van der Waals surface area contributed by atoms with E-state index in [0.29, 0.717) is 12.1 Å². The molecule has 0 heterocycles. The van der Waals surface area contributed by atoms with E-state index in [9.17, 15) is 14.9 Å². The summed E-state index contributed by atoms with van der Waals surface area (Å²) < 4.78 is 0. The Bertz CT molecular complexity index is 768. The van der Waals surface area contributed by atoms with Crippen LogP contribution in [-0.2, 0) is 17.9 Å². The van der Waals surface area contributed by atoms with Crippen molar-refractivity contribution in [3.05, 3.63) is 81.4 Å². The fourth-order valence-electron chi connectivity index (χ4n) is 2.35. The minimum Gasteiger partial charge on any atom is -0.348 e. The normalized spacial score (nSPS) is 11.0. The van der Waals surface area contributed by atoms with Gasteiger partial charge in [-0.25, -0.2) is 0 Å². The summed E-state index contributed by atoms with van der Waals surface area (Å²) in [4.78, 5) is 23.5. The monoisotopic (exact) mass is 340 g/mol. The quantitative estimate of drug-likeness (QED) is 0.456. The van der Waals surface area contributed by atoms with E-state index in [1.165, 1.54) is 28.7 Å². The van der Waals surface area contributed by atoms with Gasteiger partial charge < -0.3 is 10.2 Å². The van der Waals surface area contributed by atoms with Gasteiger partial charge in [-0.3, -0.25) is 14.9 Å². The van der Waals surface area contributed by atoms with Gasteiger partial charge in [0.1, 0.15) is 6.54 Å². The second kappa shape index (κ2) is 8.75. The van der Waals surface area contributed by atoms with Crippen LogP contribution >= 0.6 is 0 Å². The van der Waals surface area contributed by atoms with Gasteiger partial charge in [0.05, 0.1) is 19.0 Å². The number of hydrogen-bond donors (Lipinski definition) is 2. The van der Waals surface area contributed by atoms with Gasteiger partial charge in [0.25, 0.3) is 5.69 Å². The van der Waals surface area contributed by atoms with E-state index in [0.717, 1.165) is 12.1 Å². The van der Waals surface area contributed by atoms with Crippen molar-refractivity contribution >= 4 is 17.7 Å². The molecule has 2 aromatic rings. The summed E-state index contributed by atoms with van der Waals surface area (Å²) in [6.07, 6.45) is 2.94. The Hall–Kier alpha value is -2.99. The predicted molar refractivity (Wildman–Crippen MR) is 96.9 cm³/mol. The maximum atomic E-state index is 11.9. The van der Waals surface area contributed by atoms with E-state index in [4.69, 9.17) is 0 Å². The molecule has 0 fully saturated rings. The first kappa shape index (κ1) is 18.4. The molecular weight excluding hydrogens is 318 g/mol. The van der Waals surface area contributed by atoms with Crippen LogP contribution < -0.4 is 10.2 Å². The van der Waals surface area contributed by atoms with Gasteiger partial charge >= 0.3 is 0 Å². The molecule has 0 aliphatic heterocycles. The number of quaternary nitrogens is 1. The Labute approximate surface area is 146 Å². The largest absolute Gasteiger partial charge is 0.348 e. The average Bonchev–Trinajstić information content (AvgIpc) is 2.59. The van der Waals surface area contributed by atoms with Crippen molar-refractivity contribution in [3.63, 3.8) is 0 Å². The standard InChI is InChI=1S/C19H21N3O3/c1-21(2)14-17-8-6-16(7-9-17)13-20-19(23)11-10-15-4-3-5-18(12-15)22(24)25/h3-12H,13-14H2,1-2H3,(H,20,23)/p+1/b11-10+. The summed E-state index contributed by atoms with van der Waals surface area (Å²) in [6.45, 7) is 1.39. The minimum absolute atomic E-state index is 0.00205. The third-order valence-corrected chi connectivity index (χ3v) is 3.56. The van der Waals surface area contributed by atoms with Crippen molar-refractivity contribution in [3.8, 4) is 0 Å². The van der Waals surface area contributed by atoms with Crippen molar-refractivity contribution in [2.45, 2.75) is 13.1 Å². The summed E-state index contributed by atoms with van der Waals surface area (Å²) in [5.41, 5.74) is 2.89. The van der Waals surface area contributed by atoms with Gasteiger partial charge in [-0.2, -0.15) is 0 Å². The molecule has 0 saturated heterocycles. The summed E-state index contributed by atoms with van der Waals surface area (Å²) in [5.74, 6) is -0.242. The number of non-ortho nitro benzene ring substituents is 1. The van der Waals surface area contributed by atoms with Crippen LogP contribution in [0.4, 0.5) is 5.69 Å². The zero-order chi connectivity index (χ0) is 18.2. The number of nitro benzene ring substituents is 1. The molecule has 0 spiro atoms. The number of hydrogen-bond acceptors (Lipinski definition) is 3. The molecule has 25 heavy (non-hydrogen) atoms. The minimum atomic E-state index is -0.459. The molecule has 2 aromatic carbocycles. The molecule has 0 radical (unpaired) electrons. The number of benzene rings is 2. The summed E-state index contributed by atoms with van der Waals surface area (Å²) >= 11 is 0. The Morgan fingerprint density at radius 3 is 2.48 bits per heavy atom. The third-order valence-electron chi connectivity index (χ3n) is 3.56. The molecular formula is C19H22N3O3+. The van der Waals surface area contributed by atoms with Crippen molar-refractivity contribution in [1.29, 1.82) is 0 Å². The van der Waals surface area contributed by atoms with Crippen LogP contribution in [0.25, 0.3) is 6.08 Å². The summed E-state index contributed by atoms with van der Waals surface area (Å²) in [7, 11) is 4.20. The topological polar surface area (TPSA) is 76.7 Å². The molecule has 6 heteroatoms. The maximum Gasteiger partial charge on any atom is 0.270 e. The summed E-state index contributed by atoms with van der Waals surface area (Å²) in [5, 5.41) is 13.5. The van der Waals surface area contributed by atoms with Gasteiger partial charge in [-0.1, -0.05) is 36.4 Å². The molecule has 130 valence electrons. The van der Waals surface area contributed by atoms with Gasteiger partial charge in [-0.15, -0.1) is 0 Å². The van der Waals surface area contributed by atoms with E-state index in [1.54, 1.807) is 18.2 Å². The van der Waals surface area contributed by atoms with Crippen LogP contribution in [0.2, 0.25) is 0 Å². The second-order valence-electron chi connectivity index (χ2n) is 6.10. The highest BCUT2D eigenvalue weighted by Crippen LogP contribution is 2.14. The van der Waals surface area contributed by atoms with Gasteiger partial charge in [-0.05, 0) is 17.2 Å². The first-order valence-corrected chi connectivity index (χ1v) is 8.01. The maximum absolute atomic E-state index is 11.9. The van der Waals surface area contributed by atoms with Gasteiger partial charge in [0.15, 0.2) is 0 Å². The van der Waals surface area contributed by atoms with Crippen LogP contribution in [0.15, 0.2) is 54.6 Å². The molecule has 0 bridgehead atoms. The van der Waals surface area contributed by atoms with E-state index in [2.05, 4.69) is 31.5 Å². The number of nitrogens with one attached hydrogen (secondary N) is 2. The van der Waals surface area contributed by atoms with Crippen LogP contribution in [0.1, 0.15) is 16.7 Å². The zero-order valence-corrected chi connectivity index (χ0v) is 14.4. The van der Waals surface area contributed by atoms with Crippen LogP contribution in [0.3, 0.4) is 0 Å². The molecule has 0 saturated carbocycles. The van der Waals surface area contributed by atoms with Crippen LogP contribution in [0, 0.1) is 10.1 Å². The highest BCUT2D eigenvalue weighted by molar-refractivity contribution is 5.91. The fraction of sp³-hybridized carbons (Fsp3) is 0.211. The molecule has 1 amide bonds. The van der Waals surface area contributed by atoms with Crippen molar-refractivity contribution in [1.82, 2.24) is 5.32 Å². The first-order chi connectivity index (χ1) is 11.9. The lowest BCUT2D eigenvalue weighted by atomic mass is 10.1. The fourth-order valence-corrected chi connectivity index (χ4v) is 2.35. The molecule has 0 unspecified atom stereocenters. The van der Waals surface area contributed by atoms with Crippen LogP contribution in [-0.4, -0.2) is 24.9 Å². The van der Waals surface area contributed by atoms with Crippen molar-refractivity contribution < 1.29 is 14.6 Å². The van der Waals surface area contributed by atoms with Crippen molar-refractivity contribution in [2.75, 3.05) is 14.1 Å². The molecule has 0 atom stereocenters. The molecule has 0 aliphatic carbocycles. The number of nitrogens with zero attached hydrogens (tertiary/aromatic N) is 1. The molecule has 0 aromatic heterocycles. The molecule has 2 N–H and O–H groups in total. The number of carbonyl (C=O) groups is 1. The van der Waals surface area contributed by atoms with E-state index in [-0.39, 0.29) is 11.6 Å². The Kier molecular flexibility index (Phi) is 6.42. The second-order valence-corrected chi connectivity index (χ2v) is 6.10. The number of carbonyl (C=O) groups excluding carboxylic acids is 1. The number of amides is 1. The predicted octanol–water partition coefficient (Wildman–Crippen LogP) is 1.57. The Balaban J connectivity index is 1.88. The Morgan fingerprint density at radius 2 is 1.84 bits per heavy atom. The van der Waals surface area contributed by atoms with E-state index < -0.39 is 4.92 Å². The zero-order valence-electron chi connectivity index (χ0n) is 14.4. The number of nitro groups is 1. The third kappa shape index (κ3) is 6.19. The first-order valence-electron chi connectivity index (χ1n) is 8.01. The number of rotatable bonds is 7. The van der Waals surface area contributed by atoms with Crippen LogP contribution in [0.5, 0.6) is 0 Å². The average molecular weight is 340 g/mol. The molecule has 2 rings (SSSR count). The lowest BCUT2D eigenvalue weighted by Gasteiger charge is -2.08. The molecule has 6 nitrogen and oxygen atoms in total. The lowest BCUT2D eigenvalue weighted by molar-refractivity contribution is -0.872.